The smallest absolute Gasteiger partial charge is 0.356 e. The highest BCUT2D eigenvalue weighted by Crippen LogP contribution is 2.37. The maximum atomic E-state index is 11.1. The van der Waals surface area contributed by atoms with Crippen LogP contribution in [0.2, 0.25) is 15.2 Å². The molecule has 0 radical (unpaired) electrons. The molecule has 0 aliphatic rings. The molecule has 0 aliphatic carbocycles. The molecule has 2 rings (SSSR count). The number of nitrogens with one attached hydrogen (secondary N) is 2. The van der Waals surface area contributed by atoms with E-state index in [9.17, 15) is 4.79 Å². The molecule has 0 saturated heterocycles. The second-order valence-electron chi connectivity index (χ2n) is 4.84. The third-order valence-corrected chi connectivity index (χ3v) is 4.32. The number of carboxylic acid groups (broad SMARTS) is 1. The zero-order chi connectivity index (χ0) is 17.3. The van der Waals surface area contributed by atoms with Crippen LogP contribution >= 0.6 is 34.8 Å². The summed E-state index contributed by atoms with van der Waals surface area (Å²) in [5.41, 5.74) is 5.99. The van der Waals surface area contributed by atoms with E-state index in [-0.39, 0.29) is 20.9 Å². The van der Waals surface area contributed by atoms with Crippen LogP contribution in [0.15, 0.2) is 11.3 Å². The number of nitrogens with zero attached hydrogens (tertiary/aromatic N) is 2. The third-order valence-electron chi connectivity index (χ3n) is 3.21. The second kappa shape index (κ2) is 6.78. The van der Waals surface area contributed by atoms with Crippen molar-refractivity contribution in [3.63, 3.8) is 0 Å². The Bertz CT molecular complexity index is 795. The lowest BCUT2D eigenvalue weighted by molar-refractivity contribution is 0.0691. The predicted molar refractivity (Wildman–Crippen MR) is 92.3 cm³/mol. The van der Waals surface area contributed by atoms with Gasteiger partial charge < -0.3 is 10.1 Å². The number of hydrazone groups is 1. The summed E-state index contributed by atoms with van der Waals surface area (Å²) in [5.74, 6) is -1.31. The molecule has 0 aromatic carbocycles. The fourth-order valence-corrected chi connectivity index (χ4v) is 2.83. The number of aromatic carboxylic acids is 1. The Morgan fingerprint density at radius 1 is 1.30 bits per heavy atom. The van der Waals surface area contributed by atoms with Crippen LogP contribution in [0.1, 0.15) is 34.2 Å². The third kappa shape index (κ3) is 3.44. The number of aryl methyl sites for hydroxylation is 2. The molecule has 0 bridgehead atoms. The molecule has 2 aromatic rings. The Balaban J connectivity index is 2.45. The second-order valence-corrected chi connectivity index (χ2v) is 5.95. The van der Waals surface area contributed by atoms with Crippen molar-refractivity contribution in [3.05, 3.63) is 43.9 Å². The van der Waals surface area contributed by atoms with Gasteiger partial charge in [0.05, 0.1) is 11.4 Å². The number of anilines is 1. The van der Waals surface area contributed by atoms with Gasteiger partial charge in [-0.15, -0.1) is 0 Å². The van der Waals surface area contributed by atoms with Crippen LogP contribution in [0.3, 0.4) is 0 Å². The van der Waals surface area contributed by atoms with Crippen LogP contribution < -0.4 is 5.43 Å². The van der Waals surface area contributed by atoms with E-state index in [0.717, 1.165) is 16.8 Å². The summed E-state index contributed by atoms with van der Waals surface area (Å²) in [7, 11) is 0. The van der Waals surface area contributed by atoms with Gasteiger partial charge >= 0.3 is 5.97 Å². The lowest BCUT2D eigenvalue weighted by Gasteiger charge is -2.10. The zero-order valence-electron chi connectivity index (χ0n) is 12.5. The van der Waals surface area contributed by atoms with Crippen LogP contribution in [0.25, 0.3) is 0 Å². The molecule has 0 unspecified atom stereocenters. The van der Waals surface area contributed by atoms with Crippen molar-refractivity contribution in [1.82, 2.24) is 9.97 Å². The summed E-state index contributed by atoms with van der Waals surface area (Å²) in [6.07, 6.45) is 1.87. The van der Waals surface area contributed by atoms with Gasteiger partial charge in [-0.2, -0.15) is 5.10 Å². The number of hydrogen-bond donors (Lipinski definition) is 3. The van der Waals surface area contributed by atoms with E-state index >= 15 is 0 Å². The van der Waals surface area contributed by atoms with Crippen LogP contribution in [0, 0.1) is 13.8 Å². The molecule has 0 aliphatic heterocycles. The number of pyridine rings is 1. The van der Waals surface area contributed by atoms with E-state index in [1.165, 1.54) is 0 Å². The number of aromatic nitrogens is 2. The number of halogens is 3. The largest absolute Gasteiger partial charge is 0.476 e. The average molecular weight is 376 g/mol. The normalized spacial score (nSPS) is 11.7. The van der Waals surface area contributed by atoms with Gasteiger partial charge in [0, 0.05) is 17.5 Å². The van der Waals surface area contributed by atoms with Crippen molar-refractivity contribution in [2.75, 3.05) is 5.43 Å². The lowest BCUT2D eigenvalue weighted by Crippen LogP contribution is -2.07. The SMILES string of the molecule is C/C(=N\Nc1c(Cl)c(Cl)nc(C(=O)O)c1Cl)c1c(C)c[nH]c1C. The lowest BCUT2D eigenvalue weighted by atomic mass is 10.1. The fourth-order valence-electron chi connectivity index (χ4n) is 2.16. The highest BCUT2D eigenvalue weighted by molar-refractivity contribution is 6.46. The monoisotopic (exact) mass is 374 g/mol. The van der Waals surface area contributed by atoms with Crippen LogP contribution in [0.5, 0.6) is 0 Å². The number of H-pyrrole nitrogens is 1. The maximum Gasteiger partial charge on any atom is 0.356 e. The molecule has 122 valence electrons. The van der Waals surface area contributed by atoms with E-state index in [2.05, 4.69) is 20.5 Å². The molecule has 0 spiro atoms. The van der Waals surface area contributed by atoms with Gasteiger partial charge in [-0.25, -0.2) is 9.78 Å². The fraction of sp³-hybridized carbons (Fsp3) is 0.214. The topological polar surface area (TPSA) is 90.4 Å². The molecule has 2 heterocycles. The summed E-state index contributed by atoms with van der Waals surface area (Å²) in [6.45, 7) is 5.68. The predicted octanol–water partition coefficient (Wildman–Crippen LogP) is 4.52. The first-order valence-corrected chi connectivity index (χ1v) is 7.60. The van der Waals surface area contributed by atoms with E-state index in [0.29, 0.717) is 5.71 Å². The van der Waals surface area contributed by atoms with Crippen LogP contribution in [-0.2, 0) is 0 Å². The first-order valence-electron chi connectivity index (χ1n) is 6.47. The minimum atomic E-state index is -1.31. The Labute approximate surface area is 147 Å². The number of hydrogen-bond acceptors (Lipinski definition) is 4. The molecule has 0 saturated carbocycles. The number of rotatable bonds is 4. The molecular weight excluding hydrogens is 363 g/mol. The van der Waals surface area contributed by atoms with Crippen molar-refractivity contribution < 1.29 is 9.90 Å². The van der Waals surface area contributed by atoms with Crippen molar-refractivity contribution in [2.24, 2.45) is 5.10 Å². The first-order chi connectivity index (χ1) is 10.7. The Morgan fingerprint density at radius 2 is 1.96 bits per heavy atom. The highest BCUT2D eigenvalue weighted by Gasteiger charge is 2.21. The Kier molecular flexibility index (Phi) is 5.19. The van der Waals surface area contributed by atoms with E-state index in [1.807, 2.05) is 20.0 Å². The Morgan fingerprint density at radius 3 is 2.48 bits per heavy atom. The highest BCUT2D eigenvalue weighted by atomic mass is 35.5. The minimum absolute atomic E-state index is 0.000675. The van der Waals surface area contributed by atoms with Crippen molar-refractivity contribution >= 4 is 52.2 Å². The van der Waals surface area contributed by atoms with Gasteiger partial charge in [-0.3, -0.25) is 5.43 Å². The van der Waals surface area contributed by atoms with Gasteiger partial charge in [0.1, 0.15) is 10.0 Å². The number of carboxylic acids is 1. The van der Waals surface area contributed by atoms with Crippen molar-refractivity contribution in [2.45, 2.75) is 20.8 Å². The summed E-state index contributed by atoms with van der Waals surface area (Å²) >= 11 is 17.9. The van der Waals surface area contributed by atoms with Gasteiger partial charge in [-0.1, -0.05) is 34.8 Å². The van der Waals surface area contributed by atoms with Gasteiger partial charge in [0.15, 0.2) is 10.8 Å². The first kappa shape index (κ1) is 17.6. The minimum Gasteiger partial charge on any atom is -0.476 e. The molecule has 0 atom stereocenters. The number of carbonyl (C=O) groups is 1. The van der Waals surface area contributed by atoms with E-state index in [1.54, 1.807) is 6.92 Å². The molecular formula is C14H13Cl3N4O2. The maximum absolute atomic E-state index is 11.1. The zero-order valence-corrected chi connectivity index (χ0v) is 14.7. The molecule has 0 fully saturated rings. The molecule has 23 heavy (non-hydrogen) atoms. The summed E-state index contributed by atoms with van der Waals surface area (Å²) in [5, 5.41) is 13.0. The van der Waals surface area contributed by atoms with Gasteiger partial charge in [0.2, 0.25) is 0 Å². The van der Waals surface area contributed by atoms with E-state index in [4.69, 9.17) is 39.9 Å². The molecule has 6 nitrogen and oxygen atoms in total. The number of aromatic amines is 1. The molecule has 2 aromatic heterocycles. The summed E-state index contributed by atoms with van der Waals surface area (Å²) in [4.78, 5) is 17.9. The summed E-state index contributed by atoms with van der Waals surface area (Å²) in [6, 6.07) is 0. The van der Waals surface area contributed by atoms with Crippen LogP contribution in [-0.4, -0.2) is 26.8 Å². The Hall–Kier alpha value is -1.76. The quantitative estimate of drug-likeness (QED) is 0.416. The van der Waals surface area contributed by atoms with Crippen molar-refractivity contribution in [3.8, 4) is 0 Å². The van der Waals surface area contributed by atoms with Crippen molar-refractivity contribution in [1.29, 1.82) is 0 Å². The standard InChI is InChI=1S/C14H13Cl3N4O2/c1-5-4-18-6(2)8(5)7(3)20-21-11-9(15)12(14(22)23)19-13(17)10(11)16/h4,18H,1-3H3,(H,19,21)(H,22,23)/b20-7+. The average Bonchev–Trinajstić information content (AvgIpc) is 2.81. The van der Waals surface area contributed by atoms with Gasteiger partial charge in [0.25, 0.3) is 0 Å². The van der Waals surface area contributed by atoms with E-state index < -0.39 is 11.7 Å². The molecule has 3 N–H and O–H groups in total. The molecule has 9 heteroatoms. The van der Waals surface area contributed by atoms with Gasteiger partial charge in [-0.05, 0) is 26.3 Å². The summed E-state index contributed by atoms with van der Waals surface area (Å²) < 4.78 is 0. The molecule has 0 amide bonds. The van der Waals surface area contributed by atoms with Crippen LogP contribution in [0.4, 0.5) is 5.69 Å².